The van der Waals surface area contributed by atoms with Crippen LogP contribution in [0.2, 0.25) is 0 Å². The maximum Gasteiger partial charge on any atom is 0.347 e. The van der Waals surface area contributed by atoms with Gasteiger partial charge in [-0.3, -0.25) is 0 Å². The number of hydrogen-bond donors (Lipinski definition) is 2. The van der Waals surface area contributed by atoms with E-state index >= 15 is 0 Å². The van der Waals surface area contributed by atoms with E-state index in [-0.39, 0.29) is 18.8 Å². The maximum absolute atomic E-state index is 12.0. The molecule has 0 saturated carbocycles. The minimum Gasteiger partial charge on any atom is -0.462 e. The lowest BCUT2D eigenvalue weighted by Crippen LogP contribution is -2.19. The highest BCUT2D eigenvalue weighted by Gasteiger charge is 2.21. The Morgan fingerprint density at radius 1 is 1.08 bits per heavy atom. The standard InChI is InChI=1S/C19H24N2O4/c1-6-24-18(22)15(19(23)25-7-2)10-20-16-9-17-14(8-11(16)3)12(4)13(5)21-17/h8-10,20-21H,6-7H2,1-5H3. The lowest BCUT2D eigenvalue weighted by molar-refractivity contribution is -0.146. The number of aromatic nitrogens is 1. The molecule has 0 atom stereocenters. The molecule has 0 fully saturated rings. The Bertz CT molecular complexity index is 814. The van der Waals surface area contributed by atoms with Gasteiger partial charge in [0, 0.05) is 28.5 Å². The third-order valence-corrected chi connectivity index (χ3v) is 4.02. The Hall–Kier alpha value is -2.76. The molecule has 0 aliphatic carbocycles. The third kappa shape index (κ3) is 4.02. The third-order valence-electron chi connectivity index (χ3n) is 4.02. The predicted molar refractivity (Wildman–Crippen MR) is 97.5 cm³/mol. The van der Waals surface area contributed by atoms with Crippen molar-refractivity contribution in [3.05, 3.63) is 40.7 Å². The number of ether oxygens (including phenoxy) is 2. The molecule has 0 amide bonds. The number of nitrogens with one attached hydrogen (secondary N) is 2. The molecule has 1 aromatic heterocycles. The smallest absolute Gasteiger partial charge is 0.347 e. The lowest BCUT2D eigenvalue weighted by atomic mass is 10.1. The fourth-order valence-corrected chi connectivity index (χ4v) is 2.54. The fraction of sp³-hybridized carbons (Fsp3) is 0.368. The van der Waals surface area contributed by atoms with Crippen molar-refractivity contribution in [2.45, 2.75) is 34.6 Å². The quantitative estimate of drug-likeness (QED) is 0.363. The first-order valence-electron chi connectivity index (χ1n) is 8.29. The predicted octanol–water partition coefficient (Wildman–Crippen LogP) is 3.52. The van der Waals surface area contributed by atoms with E-state index in [1.807, 2.05) is 19.9 Å². The number of carbonyl (C=O) groups excluding carboxylic acids is 2. The second kappa shape index (κ2) is 7.88. The van der Waals surface area contributed by atoms with Crippen LogP contribution in [0, 0.1) is 20.8 Å². The first-order chi connectivity index (χ1) is 11.9. The van der Waals surface area contributed by atoms with E-state index < -0.39 is 11.9 Å². The van der Waals surface area contributed by atoms with Gasteiger partial charge in [0.15, 0.2) is 5.57 Å². The zero-order chi connectivity index (χ0) is 18.6. The van der Waals surface area contributed by atoms with Gasteiger partial charge in [-0.2, -0.15) is 0 Å². The summed E-state index contributed by atoms with van der Waals surface area (Å²) < 4.78 is 9.85. The molecular weight excluding hydrogens is 320 g/mol. The Morgan fingerprint density at radius 2 is 1.68 bits per heavy atom. The monoisotopic (exact) mass is 344 g/mol. The minimum atomic E-state index is -0.709. The van der Waals surface area contributed by atoms with Crippen LogP contribution >= 0.6 is 0 Å². The number of rotatable bonds is 6. The molecular formula is C19H24N2O4. The van der Waals surface area contributed by atoms with Crippen molar-refractivity contribution in [2.24, 2.45) is 0 Å². The van der Waals surface area contributed by atoms with Crippen molar-refractivity contribution in [2.75, 3.05) is 18.5 Å². The first-order valence-corrected chi connectivity index (χ1v) is 8.29. The van der Waals surface area contributed by atoms with E-state index in [2.05, 4.69) is 23.3 Å². The largest absolute Gasteiger partial charge is 0.462 e. The highest BCUT2D eigenvalue weighted by molar-refractivity contribution is 6.14. The maximum atomic E-state index is 12.0. The molecule has 1 aromatic carbocycles. The zero-order valence-corrected chi connectivity index (χ0v) is 15.3. The summed E-state index contributed by atoms with van der Waals surface area (Å²) in [7, 11) is 0. The topological polar surface area (TPSA) is 80.4 Å². The molecule has 134 valence electrons. The normalized spacial score (nSPS) is 10.4. The molecule has 0 radical (unpaired) electrons. The molecule has 0 aliphatic rings. The summed E-state index contributed by atoms with van der Waals surface area (Å²) in [6, 6.07) is 4.02. The number of fused-ring (bicyclic) bond motifs is 1. The van der Waals surface area contributed by atoms with E-state index in [1.54, 1.807) is 13.8 Å². The average molecular weight is 344 g/mol. The number of anilines is 1. The van der Waals surface area contributed by atoms with Crippen LogP contribution in [0.5, 0.6) is 0 Å². The number of hydrogen-bond acceptors (Lipinski definition) is 5. The molecule has 2 aromatic rings. The van der Waals surface area contributed by atoms with Crippen molar-refractivity contribution in [1.82, 2.24) is 4.98 Å². The van der Waals surface area contributed by atoms with E-state index in [1.165, 1.54) is 11.8 Å². The van der Waals surface area contributed by atoms with Crippen molar-refractivity contribution in [3.8, 4) is 0 Å². The SMILES string of the molecule is CCOC(=O)C(=CNc1cc2[nH]c(C)c(C)c2cc1C)C(=O)OCC. The molecule has 0 spiro atoms. The van der Waals surface area contributed by atoms with Gasteiger partial charge >= 0.3 is 11.9 Å². The van der Waals surface area contributed by atoms with Gasteiger partial charge in [-0.25, -0.2) is 9.59 Å². The zero-order valence-electron chi connectivity index (χ0n) is 15.3. The number of H-pyrrole nitrogens is 1. The summed E-state index contributed by atoms with van der Waals surface area (Å²) in [5, 5.41) is 4.18. The summed E-state index contributed by atoms with van der Waals surface area (Å²) in [5.41, 5.74) is 4.94. The highest BCUT2D eigenvalue weighted by atomic mass is 16.6. The highest BCUT2D eigenvalue weighted by Crippen LogP contribution is 2.27. The average Bonchev–Trinajstić information content (AvgIpc) is 2.83. The van der Waals surface area contributed by atoms with Crippen LogP contribution in [0.4, 0.5) is 5.69 Å². The molecule has 0 saturated heterocycles. The van der Waals surface area contributed by atoms with E-state index in [4.69, 9.17) is 9.47 Å². The van der Waals surface area contributed by atoms with Crippen LogP contribution in [0.15, 0.2) is 23.9 Å². The summed E-state index contributed by atoms with van der Waals surface area (Å²) in [6.07, 6.45) is 1.34. The molecule has 2 N–H and O–H groups in total. The second-order valence-corrected chi connectivity index (χ2v) is 5.73. The summed E-state index contributed by atoms with van der Waals surface area (Å²) >= 11 is 0. The van der Waals surface area contributed by atoms with Crippen LogP contribution in [0.25, 0.3) is 10.9 Å². The molecule has 6 heteroatoms. The van der Waals surface area contributed by atoms with Crippen molar-refractivity contribution >= 4 is 28.5 Å². The van der Waals surface area contributed by atoms with Crippen molar-refractivity contribution in [1.29, 1.82) is 0 Å². The summed E-state index contributed by atoms with van der Waals surface area (Å²) in [5.74, 6) is -1.42. The number of esters is 2. The van der Waals surface area contributed by atoms with Crippen LogP contribution in [-0.2, 0) is 19.1 Å². The van der Waals surface area contributed by atoms with Gasteiger partial charge in [0.2, 0.25) is 0 Å². The summed E-state index contributed by atoms with van der Waals surface area (Å²) in [4.78, 5) is 27.3. The van der Waals surface area contributed by atoms with Gasteiger partial charge in [0.1, 0.15) is 0 Å². The van der Waals surface area contributed by atoms with Crippen LogP contribution in [0.3, 0.4) is 0 Å². The van der Waals surface area contributed by atoms with E-state index in [0.717, 1.165) is 27.8 Å². The second-order valence-electron chi connectivity index (χ2n) is 5.73. The molecule has 2 rings (SSSR count). The van der Waals surface area contributed by atoms with E-state index in [0.29, 0.717) is 0 Å². The molecule has 25 heavy (non-hydrogen) atoms. The van der Waals surface area contributed by atoms with Crippen LogP contribution < -0.4 is 5.32 Å². The number of aromatic amines is 1. The van der Waals surface area contributed by atoms with Gasteiger partial charge in [0.05, 0.1) is 13.2 Å². The van der Waals surface area contributed by atoms with Gasteiger partial charge in [0.25, 0.3) is 0 Å². The van der Waals surface area contributed by atoms with E-state index in [9.17, 15) is 9.59 Å². The lowest BCUT2D eigenvalue weighted by Gasteiger charge is -2.10. The number of carbonyl (C=O) groups is 2. The summed E-state index contributed by atoms with van der Waals surface area (Å²) in [6.45, 7) is 9.79. The molecule has 0 unspecified atom stereocenters. The molecule has 0 aliphatic heterocycles. The first kappa shape index (κ1) is 18.6. The Labute approximate surface area is 147 Å². The number of benzene rings is 1. The van der Waals surface area contributed by atoms with Crippen molar-refractivity contribution < 1.29 is 19.1 Å². The number of aryl methyl sites for hydroxylation is 3. The van der Waals surface area contributed by atoms with Gasteiger partial charge in [-0.05, 0) is 57.9 Å². The van der Waals surface area contributed by atoms with Gasteiger partial charge in [-0.1, -0.05) is 0 Å². The fourth-order valence-electron chi connectivity index (χ4n) is 2.54. The molecule has 0 bridgehead atoms. The van der Waals surface area contributed by atoms with Crippen molar-refractivity contribution in [3.63, 3.8) is 0 Å². The van der Waals surface area contributed by atoms with Gasteiger partial charge < -0.3 is 19.8 Å². The van der Waals surface area contributed by atoms with Crippen LogP contribution in [-0.4, -0.2) is 30.1 Å². The molecule has 6 nitrogen and oxygen atoms in total. The Morgan fingerprint density at radius 3 is 2.24 bits per heavy atom. The van der Waals surface area contributed by atoms with Gasteiger partial charge in [-0.15, -0.1) is 0 Å². The Kier molecular flexibility index (Phi) is 5.85. The van der Waals surface area contributed by atoms with Crippen LogP contribution in [0.1, 0.15) is 30.7 Å². The Balaban J connectivity index is 2.35. The minimum absolute atomic E-state index is 0.165. The molecule has 1 heterocycles.